The van der Waals surface area contributed by atoms with Crippen molar-refractivity contribution in [1.82, 2.24) is 4.90 Å². The monoisotopic (exact) mass is 349 g/mol. The number of β-amino-alcohol motifs (C(OH)–C–C–N with tert-alkyl or cyclic N) is 1. The first-order chi connectivity index (χ1) is 8.54. The third-order valence-corrected chi connectivity index (χ3v) is 3.71. The first-order valence-electron chi connectivity index (χ1n) is 6.36. The van der Waals surface area contributed by atoms with Crippen molar-refractivity contribution in [3.8, 4) is 0 Å². The number of hydrogen-bond acceptors (Lipinski definition) is 3. The molecule has 108 valence electrons. The first kappa shape index (κ1) is 16.9. The summed E-state index contributed by atoms with van der Waals surface area (Å²) in [5, 5.41) is 10.2. The summed E-state index contributed by atoms with van der Waals surface area (Å²) >= 11 is 3.40. The van der Waals surface area contributed by atoms with Gasteiger partial charge in [-0.3, -0.25) is 4.90 Å². The van der Waals surface area contributed by atoms with Crippen LogP contribution in [0.1, 0.15) is 25.5 Å². The molecule has 3 atom stereocenters. The van der Waals surface area contributed by atoms with Gasteiger partial charge in [0.25, 0.3) is 0 Å². The Bertz CT molecular complexity index is 378. The molecule has 0 spiro atoms. The molecule has 0 radical (unpaired) electrons. The van der Waals surface area contributed by atoms with Crippen LogP contribution < -0.4 is 0 Å². The van der Waals surface area contributed by atoms with Crippen LogP contribution in [-0.2, 0) is 4.74 Å². The Hall–Kier alpha value is -0.130. The van der Waals surface area contributed by atoms with Crippen LogP contribution in [0.5, 0.6) is 0 Å². The third-order valence-electron chi connectivity index (χ3n) is 3.18. The fourth-order valence-electron chi connectivity index (χ4n) is 2.47. The highest BCUT2D eigenvalue weighted by Crippen LogP contribution is 2.19. The van der Waals surface area contributed by atoms with Crippen molar-refractivity contribution in [2.24, 2.45) is 0 Å². The molecular formula is C14H21BrClNO2. The maximum Gasteiger partial charge on any atom is 0.0916 e. The highest BCUT2D eigenvalue weighted by atomic mass is 79.9. The minimum absolute atomic E-state index is 0. The van der Waals surface area contributed by atoms with Crippen molar-refractivity contribution in [1.29, 1.82) is 0 Å². The van der Waals surface area contributed by atoms with E-state index in [1.54, 1.807) is 0 Å². The molecule has 0 aromatic heterocycles. The van der Waals surface area contributed by atoms with Crippen molar-refractivity contribution in [3.63, 3.8) is 0 Å². The second kappa shape index (κ2) is 7.60. The van der Waals surface area contributed by atoms with Crippen LogP contribution in [0.3, 0.4) is 0 Å². The van der Waals surface area contributed by atoms with Crippen molar-refractivity contribution in [3.05, 3.63) is 34.3 Å². The Morgan fingerprint density at radius 1 is 1.26 bits per heavy atom. The number of aliphatic hydroxyl groups excluding tert-OH is 1. The van der Waals surface area contributed by atoms with Gasteiger partial charge in [-0.15, -0.1) is 12.4 Å². The van der Waals surface area contributed by atoms with Gasteiger partial charge in [-0.1, -0.05) is 28.1 Å². The quantitative estimate of drug-likeness (QED) is 0.909. The number of halogens is 2. The maximum atomic E-state index is 10.2. The van der Waals surface area contributed by atoms with Crippen LogP contribution in [-0.4, -0.2) is 41.8 Å². The van der Waals surface area contributed by atoms with Gasteiger partial charge >= 0.3 is 0 Å². The number of nitrogens with zero attached hydrogens (tertiary/aromatic N) is 1. The lowest BCUT2D eigenvalue weighted by atomic mass is 10.1. The minimum Gasteiger partial charge on any atom is -0.387 e. The number of hydrogen-bond donors (Lipinski definition) is 1. The Labute approximate surface area is 129 Å². The van der Waals surface area contributed by atoms with Gasteiger partial charge in [-0.05, 0) is 31.5 Å². The molecule has 0 aliphatic carbocycles. The largest absolute Gasteiger partial charge is 0.387 e. The van der Waals surface area contributed by atoms with Crippen molar-refractivity contribution in [2.45, 2.75) is 32.2 Å². The number of aliphatic hydroxyl groups is 1. The molecule has 1 saturated heterocycles. The molecule has 19 heavy (non-hydrogen) atoms. The highest BCUT2D eigenvalue weighted by Gasteiger charge is 2.24. The topological polar surface area (TPSA) is 32.7 Å². The summed E-state index contributed by atoms with van der Waals surface area (Å²) in [5.41, 5.74) is 0.963. The Morgan fingerprint density at radius 2 is 1.79 bits per heavy atom. The second-order valence-electron chi connectivity index (χ2n) is 5.04. The van der Waals surface area contributed by atoms with Gasteiger partial charge in [0.1, 0.15) is 0 Å². The highest BCUT2D eigenvalue weighted by molar-refractivity contribution is 9.10. The average Bonchev–Trinajstić information content (AvgIpc) is 2.28. The van der Waals surface area contributed by atoms with Crippen LogP contribution in [0, 0.1) is 0 Å². The molecule has 1 aromatic carbocycles. The number of morpholine rings is 1. The van der Waals surface area contributed by atoms with Crippen molar-refractivity contribution < 1.29 is 9.84 Å². The lowest BCUT2D eigenvalue weighted by molar-refractivity contribution is -0.0767. The van der Waals surface area contributed by atoms with E-state index in [0.717, 1.165) is 23.1 Å². The molecule has 0 saturated carbocycles. The van der Waals surface area contributed by atoms with Gasteiger partial charge in [0.05, 0.1) is 18.3 Å². The zero-order valence-corrected chi connectivity index (χ0v) is 13.7. The molecule has 3 unspecified atom stereocenters. The van der Waals surface area contributed by atoms with Gasteiger partial charge in [-0.2, -0.15) is 0 Å². The second-order valence-corrected chi connectivity index (χ2v) is 5.96. The van der Waals surface area contributed by atoms with Crippen LogP contribution >= 0.6 is 28.3 Å². The SMILES string of the molecule is CC1CN(CC(O)c2ccc(Br)cc2)CC(C)O1.Cl. The third kappa shape index (κ3) is 5.04. The summed E-state index contributed by atoms with van der Waals surface area (Å²) in [6, 6.07) is 7.84. The van der Waals surface area contributed by atoms with Crippen LogP contribution in [0.4, 0.5) is 0 Å². The molecule has 3 nitrogen and oxygen atoms in total. The number of benzene rings is 1. The van der Waals surface area contributed by atoms with Crippen molar-refractivity contribution in [2.75, 3.05) is 19.6 Å². The number of ether oxygens (including phenoxy) is 1. The molecular weight excluding hydrogens is 330 g/mol. The predicted molar refractivity (Wildman–Crippen MR) is 82.8 cm³/mol. The van der Waals surface area contributed by atoms with Gasteiger partial charge in [0, 0.05) is 24.1 Å². The van der Waals surface area contributed by atoms with E-state index in [1.807, 2.05) is 24.3 Å². The van der Waals surface area contributed by atoms with Crippen LogP contribution in [0.2, 0.25) is 0 Å². The van der Waals surface area contributed by atoms with E-state index in [-0.39, 0.29) is 24.6 Å². The Kier molecular flexibility index (Phi) is 6.77. The van der Waals surface area contributed by atoms with E-state index in [2.05, 4.69) is 34.7 Å². The Balaban J connectivity index is 0.00000180. The predicted octanol–water partition coefficient (Wildman–Crippen LogP) is 3.01. The standard InChI is InChI=1S/C14H20BrNO2.ClH/c1-10-7-16(8-11(2)18-10)9-14(17)12-3-5-13(15)6-4-12;/h3-6,10-11,14,17H,7-9H2,1-2H3;1H. The molecule has 1 aliphatic heterocycles. The fraction of sp³-hybridized carbons (Fsp3) is 0.571. The van der Waals surface area contributed by atoms with E-state index in [0.29, 0.717) is 6.54 Å². The molecule has 1 fully saturated rings. The smallest absolute Gasteiger partial charge is 0.0916 e. The number of rotatable bonds is 3. The van der Waals surface area contributed by atoms with Gasteiger partial charge in [0.15, 0.2) is 0 Å². The minimum atomic E-state index is -0.435. The zero-order chi connectivity index (χ0) is 13.1. The van der Waals surface area contributed by atoms with Crippen molar-refractivity contribution >= 4 is 28.3 Å². The van der Waals surface area contributed by atoms with Gasteiger partial charge < -0.3 is 9.84 Å². The molecule has 0 amide bonds. The van der Waals surface area contributed by atoms with E-state index < -0.39 is 6.10 Å². The molecule has 1 N–H and O–H groups in total. The van der Waals surface area contributed by atoms with Crippen LogP contribution in [0.15, 0.2) is 28.7 Å². The summed E-state index contributed by atoms with van der Waals surface area (Å²) in [6.45, 7) is 6.60. The van der Waals surface area contributed by atoms with E-state index in [1.165, 1.54) is 0 Å². The molecule has 2 rings (SSSR count). The maximum absolute atomic E-state index is 10.2. The summed E-state index contributed by atoms with van der Waals surface area (Å²) in [4.78, 5) is 2.27. The average molecular weight is 351 g/mol. The fourth-order valence-corrected chi connectivity index (χ4v) is 2.73. The van der Waals surface area contributed by atoms with E-state index in [4.69, 9.17) is 4.74 Å². The molecule has 1 heterocycles. The van der Waals surface area contributed by atoms with Gasteiger partial charge in [0.2, 0.25) is 0 Å². The Morgan fingerprint density at radius 3 is 2.32 bits per heavy atom. The molecule has 1 aromatic rings. The van der Waals surface area contributed by atoms with Crippen LogP contribution in [0.25, 0.3) is 0 Å². The molecule has 1 aliphatic rings. The summed E-state index contributed by atoms with van der Waals surface area (Å²) in [6.07, 6.45) is 0.0485. The first-order valence-corrected chi connectivity index (χ1v) is 7.15. The zero-order valence-electron chi connectivity index (χ0n) is 11.3. The summed E-state index contributed by atoms with van der Waals surface area (Å²) < 4.78 is 6.72. The summed E-state index contributed by atoms with van der Waals surface area (Å²) in [7, 11) is 0. The normalized spacial score (nSPS) is 25.7. The molecule has 0 bridgehead atoms. The lowest BCUT2D eigenvalue weighted by Crippen LogP contribution is -2.46. The van der Waals surface area contributed by atoms with Gasteiger partial charge in [-0.25, -0.2) is 0 Å². The lowest BCUT2D eigenvalue weighted by Gasteiger charge is -2.36. The van der Waals surface area contributed by atoms with E-state index in [9.17, 15) is 5.11 Å². The van der Waals surface area contributed by atoms with E-state index >= 15 is 0 Å². The summed E-state index contributed by atoms with van der Waals surface area (Å²) in [5.74, 6) is 0. The molecule has 5 heteroatoms.